The smallest absolute Gasteiger partial charge is 0.0163 e. The van der Waals surface area contributed by atoms with Gasteiger partial charge in [-0.05, 0) is 100 Å². The summed E-state index contributed by atoms with van der Waals surface area (Å²) in [5.41, 5.74) is 11.9. The number of hydrogen-bond donors (Lipinski definition) is 0. The minimum atomic E-state index is 0.109. The summed E-state index contributed by atoms with van der Waals surface area (Å²) >= 11 is 2.47. The first-order valence-corrected chi connectivity index (χ1v) is 8.81. The standard InChI is InChI=1S/C20H23I/c1-7-14-8-12(3)18-15-9-11(2)17(21)10-16(15)20(5,6)19(18)13(14)4/h8-10H,7H2,1-6H3. The second-order valence-corrected chi connectivity index (χ2v) is 8.02. The van der Waals surface area contributed by atoms with Crippen molar-refractivity contribution in [1.82, 2.24) is 0 Å². The maximum absolute atomic E-state index is 2.47. The van der Waals surface area contributed by atoms with Crippen molar-refractivity contribution in [3.05, 3.63) is 55.1 Å². The molecule has 0 saturated carbocycles. The Bertz CT molecular complexity index is 751. The predicted octanol–water partition coefficient (Wildman–Crippen LogP) is 6.09. The molecular weight excluding hydrogens is 367 g/mol. The van der Waals surface area contributed by atoms with Gasteiger partial charge in [0.25, 0.3) is 0 Å². The minimum absolute atomic E-state index is 0.109. The van der Waals surface area contributed by atoms with Gasteiger partial charge in [0.05, 0.1) is 0 Å². The minimum Gasteiger partial charge on any atom is -0.0613 e. The van der Waals surface area contributed by atoms with Gasteiger partial charge in [0.2, 0.25) is 0 Å². The van der Waals surface area contributed by atoms with E-state index in [9.17, 15) is 0 Å². The third-order valence-corrected chi connectivity index (χ3v) is 6.30. The maximum Gasteiger partial charge on any atom is 0.0163 e. The van der Waals surface area contributed by atoms with Crippen molar-refractivity contribution in [3.8, 4) is 11.1 Å². The second kappa shape index (κ2) is 4.84. The molecule has 2 aromatic carbocycles. The van der Waals surface area contributed by atoms with Crippen molar-refractivity contribution < 1.29 is 0 Å². The van der Waals surface area contributed by atoms with Crippen LogP contribution in [0.4, 0.5) is 0 Å². The summed E-state index contributed by atoms with van der Waals surface area (Å²) in [7, 11) is 0. The zero-order chi connectivity index (χ0) is 15.5. The van der Waals surface area contributed by atoms with E-state index in [1.165, 1.54) is 42.5 Å². The van der Waals surface area contributed by atoms with Gasteiger partial charge in [0, 0.05) is 8.99 Å². The fourth-order valence-electron chi connectivity index (χ4n) is 4.02. The zero-order valence-corrected chi connectivity index (χ0v) is 16.0. The maximum atomic E-state index is 2.47. The van der Waals surface area contributed by atoms with E-state index < -0.39 is 0 Å². The Morgan fingerprint density at radius 2 is 1.67 bits per heavy atom. The number of fused-ring (bicyclic) bond motifs is 3. The molecule has 0 radical (unpaired) electrons. The number of hydrogen-bond acceptors (Lipinski definition) is 0. The van der Waals surface area contributed by atoms with Crippen LogP contribution in [0.25, 0.3) is 11.1 Å². The number of halogens is 1. The van der Waals surface area contributed by atoms with Gasteiger partial charge in [-0.1, -0.05) is 32.9 Å². The molecule has 3 rings (SSSR count). The summed E-state index contributed by atoms with van der Waals surface area (Å²) in [4.78, 5) is 0. The van der Waals surface area contributed by atoms with Gasteiger partial charge >= 0.3 is 0 Å². The van der Waals surface area contributed by atoms with E-state index in [2.05, 4.69) is 82.3 Å². The van der Waals surface area contributed by atoms with Gasteiger partial charge < -0.3 is 0 Å². The van der Waals surface area contributed by atoms with Gasteiger partial charge in [-0.25, -0.2) is 0 Å². The largest absolute Gasteiger partial charge is 0.0613 e. The lowest BCUT2D eigenvalue weighted by Gasteiger charge is -2.25. The number of aryl methyl sites for hydroxylation is 3. The van der Waals surface area contributed by atoms with E-state index in [4.69, 9.17) is 0 Å². The summed E-state index contributed by atoms with van der Waals surface area (Å²) in [5, 5.41) is 0. The van der Waals surface area contributed by atoms with Crippen molar-refractivity contribution in [2.75, 3.05) is 0 Å². The first kappa shape index (κ1) is 15.1. The van der Waals surface area contributed by atoms with Crippen LogP contribution in [0.3, 0.4) is 0 Å². The topological polar surface area (TPSA) is 0 Å². The summed E-state index contributed by atoms with van der Waals surface area (Å²) in [5.74, 6) is 0. The molecule has 110 valence electrons. The van der Waals surface area contributed by atoms with Crippen LogP contribution in [0.5, 0.6) is 0 Å². The summed E-state index contributed by atoms with van der Waals surface area (Å²) in [6, 6.07) is 7.19. The zero-order valence-electron chi connectivity index (χ0n) is 13.8. The normalized spacial score (nSPS) is 15.0. The third-order valence-electron chi connectivity index (χ3n) is 5.14. The Balaban J connectivity index is 2.45. The van der Waals surface area contributed by atoms with Gasteiger partial charge in [-0.3, -0.25) is 0 Å². The lowest BCUT2D eigenvalue weighted by molar-refractivity contribution is 0.653. The fraction of sp³-hybridized carbons (Fsp3) is 0.400. The van der Waals surface area contributed by atoms with Crippen LogP contribution in [-0.4, -0.2) is 0 Å². The predicted molar refractivity (Wildman–Crippen MR) is 100 cm³/mol. The van der Waals surface area contributed by atoms with Crippen LogP contribution < -0.4 is 0 Å². The molecule has 0 fully saturated rings. The molecule has 0 aliphatic heterocycles. The van der Waals surface area contributed by atoms with Gasteiger partial charge in [0.1, 0.15) is 0 Å². The van der Waals surface area contributed by atoms with Crippen LogP contribution in [0.15, 0.2) is 18.2 Å². The Morgan fingerprint density at radius 1 is 1.00 bits per heavy atom. The van der Waals surface area contributed by atoms with Crippen molar-refractivity contribution in [2.45, 2.75) is 53.4 Å². The van der Waals surface area contributed by atoms with Crippen molar-refractivity contribution in [3.63, 3.8) is 0 Å². The van der Waals surface area contributed by atoms with Crippen molar-refractivity contribution in [1.29, 1.82) is 0 Å². The van der Waals surface area contributed by atoms with Crippen molar-refractivity contribution in [2.24, 2.45) is 0 Å². The summed E-state index contributed by atoms with van der Waals surface area (Å²) in [6.07, 6.45) is 1.11. The molecule has 21 heavy (non-hydrogen) atoms. The van der Waals surface area contributed by atoms with Crippen LogP contribution in [0.1, 0.15) is 54.2 Å². The SMILES string of the molecule is CCc1cc(C)c2c(c1C)C(C)(C)c1cc(I)c(C)cc1-2. The molecule has 0 saturated heterocycles. The highest BCUT2D eigenvalue weighted by molar-refractivity contribution is 14.1. The molecule has 0 unspecified atom stereocenters. The van der Waals surface area contributed by atoms with Crippen LogP contribution in [-0.2, 0) is 11.8 Å². The molecule has 1 aliphatic carbocycles. The molecule has 0 N–H and O–H groups in total. The number of benzene rings is 2. The number of rotatable bonds is 1. The van der Waals surface area contributed by atoms with Gasteiger partial charge in [0.15, 0.2) is 0 Å². The summed E-state index contributed by atoms with van der Waals surface area (Å²) < 4.78 is 1.37. The van der Waals surface area contributed by atoms with E-state index >= 15 is 0 Å². The molecule has 1 heteroatoms. The average Bonchev–Trinajstić information content (AvgIpc) is 2.64. The average molecular weight is 390 g/mol. The van der Waals surface area contributed by atoms with Crippen LogP contribution >= 0.6 is 22.6 Å². The molecule has 0 aromatic heterocycles. The first-order chi connectivity index (χ1) is 9.78. The van der Waals surface area contributed by atoms with Crippen LogP contribution in [0.2, 0.25) is 0 Å². The highest BCUT2D eigenvalue weighted by Crippen LogP contribution is 2.52. The highest BCUT2D eigenvalue weighted by atomic mass is 127. The lowest BCUT2D eigenvalue weighted by Crippen LogP contribution is -2.17. The fourth-order valence-corrected chi connectivity index (χ4v) is 4.49. The Kier molecular flexibility index (Phi) is 3.47. The van der Waals surface area contributed by atoms with E-state index in [0.717, 1.165) is 6.42 Å². The Morgan fingerprint density at radius 3 is 2.29 bits per heavy atom. The van der Waals surface area contributed by atoms with Gasteiger partial charge in [-0.15, -0.1) is 0 Å². The van der Waals surface area contributed by atoms with Gasteiger partial charge in [-0.2, -0.15) is 0 Å². The Labute approximate surface area is 142 Å². The molecule has 2 aromatic rings. The molecule has 0 nitrogen and oxygen atoms in total. The molecule has 0 atom stereocenters. The molecular formula is C20H23I. The lowest BCUT2D eigenvalue weighted by atomic mass is 9.78. The van der Waals surface area contributed by atoms with E-state index in [1.807, 2.05) is 0 Å². The van der Waals surface area contributed by atoms with E-state index in [0.29, 0.717) is 0 Å². The molecule has 0 heterocycles. The first-order valence-electron chi connectivity index (χ1n) is 7.73. The third kappa shape index (κ3) is 2.00. The monoisotopic (exact) mass is 390 g/mol. The molecule has 1 aliphatic rings. The Hall–Kier alpha value is -0.830. The molecule has 0 amide bonds. The van der Waals surface area contributed by atoms with Crippen molar-refractivity contribution >= 4 is 22.6 Å². The second-order valence-electron chi connectivity index (χ2n) is 6.85. The molecule has 0 bridgehead atoms. The quantitative estimate of drug-likeness (QED) is 0.518. The van der Waals surface area contributed by atoms with Crippen LogP contribution in [0, 0.1) is 24.3 Å². The highest BCUT2D eigenvalue weighted by Gasteiger charge is 2.38. The van der Waals surface area contributed by atoms with E-state index in [1.54, 1.807) is 5.56 Å². The molecule has 0 spiro atoms. The van der Waals surface area contributed by atoms with E-state index in [-0.39, 0.29) is 5.41 Å². The summed E-state index contributed by atoms with van der Waals surface area (Å²) in [6.45, 7) is 13.8.